The van der Waals surface area contributed by atoms with E-state index in [-0.39, 0.29) is 17.8 Å². The van der Waals surface area contributed by atoms with Gasteiger partial charge in [-0.2, -0.15) is 0 Å². The summed E-state index contributed by atoms with van der Waals surface area (Å²) in [4.78, 5) is 8.83. The van der Waals surface area contributed by atoms with Crippen molar-refractivity contribution >= 4 is 29.4 Å². The van der Waals surface area contributed by atoms with Crippen LogP contribution in [0.25, 0.3) is 0 Å². The van der Waals surface area contributed by atoms with Gasteiger partial charge >= 0.3 is 0 Å². The molecule has 0 spiro atoms. The second-order valence-electron chi connectivity index (χ2n) is 8.79. The highest BCUT2D eigenvalue weighted by atomic mass is 35.5. The lowest BCUT2D eigenvalue weighted by atomic mass is 9.99. The highest BCUT2D eigenvalue weighted by molar-refractivity contribution is 7.11. The molecule has 1 N–H and O–H groups in total. The topological polar surface area (TPSA) is 58.1 Å². The molecule has 1 aliphatic heterocycles. The SMILES string of the molecule is Cc1ncsc1OCC(O)CN1CCN(c2ccccc2OCC(C)(C)C)CC1.Cl. The van der Waals surface area contributed by atoms with Crippen molar-refractivity contribution < 1.29 is 14.6 Å². The number of aryl methyl sites for hydroxylation is 1. The second kappa shape index (κ2) is 11.2. The monoisotopic (exact) mass is 455 g/mol. The van der Waals surface area contributed by atoms with Crippen LogP contribution in [0.15, 0.2) is 29.8 Å². The number of hydrogen-bond donors (Lipinski definition) is 1. The first-order chi connectivity index (χ1) is 13.8. The van der Waals surface area contributed by atoms with Crippen LogP contribution in [0.1, 0.15) is 26.5 Å². The van der Waals surface area contributed by atoms with Crippen LogP contribution in [-0.4, -0.2) is 67.0 Å². The molecule has 0 bridgehead atoms. The number of benzene rings is 1. The van der Waals surface area contributed by atoms with Gasteiger partial charge < -0.3 is 19.5 Å². The molecule has 0 radical (unpaired) electrons. The largest absolute Gasteiger partial charge is 0.491 e. The summed E-state index contributed by atoms with van der Waals surface area (Å²) in [5.74, 6) is 0.948. The van der Waals surface area contributed by atoms with Crippen LogP contribution < -0.4 is 14.4 Å². The van der Waals surface area contributed by atoms with Gasteiger partial charge in [0, 0.05) is 32.7 Å². The molecular weight excluding hydrogens is 422 g/mol. The number of thiazole rings is 1. The third-order valence-electron chi connectivity index (χ3n) is 4.82. The first kappa shape index (κ1) is 24.7. The van der Waals surface area contributed by atoms with Crippen LogP contribution >= 0.6 is 23.7 Å². The first-order valence-corrected chi connectivity index (χ1v) is 11.1. The fraction of sp³-hybridized carbons (Fsp3) is 0.591. The average Bonchev–Trinajstić information content (AvgIpc) is 3.10. The molecule has 1 aliphatic rings. The van der Waals surface area contributed by atoms with Crippen molar-refractivity contribution in [2.75, 3.05) is 50.8 Å². The Balaban J connectivity index is 0.00000320. The molecule has 1 atom stereocenters. The Kier molecular flexibility index (Phi) is 9.22. The Bertz CT molecular complexity index is 773. The summed E-state index contributed by atoms with van der Waals surface area (Å²) >= 11 is 1.47. The van der Waals surface area contributed by atoms with Gasteiger partial charge in [0.15, 0.2) is 5.06 Å². The van der Waals surface area contributed by atoms with Gasteiger partial charge in [0.05, 0.1) is 23.5 Å². The minimum absolute atomic E-state index is 0. The smallest absolute Gasteiger partial charge is 0.197 e. The minimum atomic E-state index is -0.509. The van der Waals surface area contributed by atoms with Gasteiger partial charge in [-0.15, -0.1) is 12.4 Å². The number of anilines is 1. The van der Waals surface area contributed by atoms with E-state index >= 15 is 0 Å². The van der Waals surface area contributed by atoms with Crippen LogP contribution in [0.2, 0.25) is 0 Å². The van der Waals surface area contributed by atoms with E-state index in [9.17, 15) is 5.11 Å². The Labute approximate surface area is 190 Å². The molecule has 168 valence electrons. The number of β-amino-alcohol motifs (C(OH)–C–C–N with tert-alkyl or cyclic N) is 1. The lowest BCUT2D eigenvalue weighted by Gasteiger charge is -2.37. The molecule has 1 aromatic carbocycles. The van der Waals surface area contributed by atoms with E-state index in [0.29, 0.717) is 19.8 Å². The normalized spacial score (nSPS) is 16.1. The van der Waals surface area contributed by atoms with Gasteiger partial charge in [-0.05, 0) is 24.5 Å². The number of piperazine rings is 1. The molecule has 1 saturated heterocycles. The molecule has 6 nitrogen and oxygen atoms in total. The predicted octanol–water partition coefficient (Wildman–Crippen LogP) is 3.86. The van der Waals surface area contributed by atoms with E-state index in [0.717, 1.165) is 48.4 Å². The van der Waals surface area contributed by atoms with Gasteiger partial charge in [-0.25, -0.2) is 4.98 Å². The number of hydrogen-bond acceptors (Lipinski definition) is 7. The summed E-state index contributed by atoms with van der Waals surface area (Å²) in [7, 11) is 0. The molecule has 0 saturated carbocycles. The second-order valence-corrected chi connectivity index (χ2v) is 9.61. The highest BCUT2D eigenvalue weighted by Crippen LogP contribution is 2.30. The third kappa shape index (κ3) is 7.30. The summed E-state index contributed by atoms with van der Waals surface area (Å²) in [5.41, 5.74) is 3.92. The summed E-state index contributed by atoms with van der Waals surface area (Å²) in [5, 5.41) is 11.1. The third-order valence-corrected chi connectivity index (χ3v) is 5.65. The van der Waals surface area contributed by atoms with Gasteiger partial charge in [0.2, 0.25) is 0 Å². The first-order valence-electron chi connectivity index (χ1n) is 10.2. The van der Waals surface area contributed by atoms with Crippen LogP contribution in [0, 0.1) is 12.3 Å². The number of para-hydroxylation sites is 2. The quantitative estimate of drug-likeness (QED) is 0.652. The van der Waals surface area contributed by atoms with Gasteiger partial charge in [-0.1, -0.05) is 44.2 Å². The Hall–Kier alpha value is -1.54. The van der Waals surface area contributed by atoms with Crippen LogP contribution in [0.3, 0.4) is 0 Å². The standard InChI is InChI=1S/C22H33N3O3S.ClH/c1-17-21(29-16-23-17)27-14-18(26)13-24-9-11-25(12-10-24)19-7-5-6-8-20(19)28-15-22(2,3)4;/h5-8,16,18,26H,9-15H2,1-4H3;1H. The maximum absolute atomic E-state index is 10.3. The molecule has 1 fully saturated rings. The minimum Gasteiger partial charge on any atom is -0.491 e. The number of ether oxygens (including phenoxy) is 2. The van der Waals surface area contributed by atoms with E-state index in [1.165, 1.54) is 11.3 Å². The number of rotatable bonds is 8. The number of nitrogens with zero attached hydrogens (tertiary/aromatic N) is 3. The predicted molar refractivity (Wildman–Crippen MR) is 126 cm³/mol. The summed E-state index contributed by atoms with van der Waals surface area (Å²) in [6.45, 7) is 13.7. The number of aromatic nitrogens is 1. The van der Waals surface area contributed by atoms with Crippen LogP contribution in [0.5, 0.6) is 10.8 Å². The van der Waals surface area contributed by atoms with Gasteiger partial charge in [0.25, 0.3) is 0 Å². The molecule has 1 aromatic heterocycles. The van der Waals surface area contributed by atoms with Crippen molar-refractivity contribution in [2.45, 2.75) is 33.8 Å². The van der Waals surface area contributed by atoms with Crippen LogP contribution in [-0.2, 0) is 0 Å². The number of aliphatic hydroxyl groups is 1. The van der Waals surface area contributed by atoms with Crippen LogP contribution in [0.4, 0.5) is 5.69 Å². The van der Waals surface area contributed by atoms with E-state index in [2.05, 4.69) is 53.8 Å². The average molecular weight is 456 g/mol. The molecule has 3 rings (SSSR count). The van der Waals surface area contributed by atoms with Gasteiger partial charge in [0.1, 0.15) is 18.5 Å². The van der Waals surface area contributed by atoms with Gasteiger partial charge in [-0.3, -0.25) is 4.90 Å². The lowest BCUT2D eigenvalue weighted by Crippen LogP contribution is -2.49. The molecule has 1 unspecified atom stereocenters. The van der Waals surface area contributed by atoms with E-state index < -0.39 is 6.10 Å². The van der Waals surface area contributed by atoms with Crippen molar-refractivity contribution in [3.8, 4) is 10.8 Å². The van der Waals surface area contributed by atoms with E-state index in [1.54, 1.807) is 5.51 Å². The van der Waals surface area contributed by atoms with Crippen molar-refractivity contribution in [1.82, 2.24) is 9.88 Å². The van der Waals surface area contributed by atoms with E-state index in [1.807, 2.05) is 13.0 Å². The van der Waals surface area contributed by atoms with Crippen molar-refractivity contribution in [3.05, 3.63) is 35.5 Å². The molecular formula is C22H34ClN3O3S. The zero-order valence-electron chi connectivity index (χ0n) is 18.3. The Morgan fingerprint density at radius 3 is 2.47 bits per heavy atom. The molecule has 8 heteroatoms. The molecule has 30 heavy (non-hydrogen) atoms. The van der Waals surface area contributed by atoms with E-state index in [4.69, 9.17) is 9.47 Å². The maximum atomic E-state index is 10.3. The molecule has 2 heterocycles. The zero-order valence-corrected chi connectivity index (χ0v) is 20.0. The Morgan fingerprint density at radius 2 is 1.83 bits per heavy atom. The summed E-state index contributed by atoms with van der Waals surface area (Å²) in [6.07, 6.45) is -0.509. The molecule has 0 aliphatic carbocycles. The zero-order chi connectivity index (χ0) is 20.9. The fourth-order valence-corrected chi connectivity index (χ4v) is 3.92. The highest BCUT2D eigenvalue weighted by Gasteiger charge is 2.22. The Morgan fingerprint density at radius 1 is 1.13 bits per heavy atom. The number of halogens is 1. The molecule has 0 amide bonds. The van der Waals surface area contributed by atoms with Crippen molar-refractivity contribution in [2.24, 2.45) is 5.41 Å². The fourth-order valence-electron chi connectivity index (χ4n) is 3.26. The van der Waals surface area contributed by atoms with Crippen molar-refractivity contribution in [1.29, 1.82) is 0 Å². The number of aliphatic hydroxyl groups excluding tert-OH is 1. The summed E-state index contributed by atoms with van der Waals surface area (Å²) < 4.78 is 11.8. The maximum Gasteiger partial charge on any atom is 0.197 e. The summed E-state index contributed by atoms with van der Waals surface area (Å²) in [6, 6.07) is 8.27. The van der Waals surface area contributed by atoms with Crippen molar-refractivity contribution in [3.63, 3.8) is 0 Å². The lowest BCUT2D eigenvalue weighted by molar-refractivity contribution is 0.0672. The molecule has 2 aromatic rings.